The predicted octanol–water partition coefficient (Wildman–Crippen LogP) is 3.61. The lowest BCUT2D eigenvalue weighted by atomic mass is 10.0. The van der Waals surface area contributed by atoms with E-state index >= 15 is 0 Å². The summed E-state index contributed by atoms with van der Waals surface area (Å²) in [6.07, 6.45) is 1.61. The highest BCUT2D eigenvalue weighted by Crippen LogP contribution is 2.19. The quantitative estimate of drug-likeness (QED) is 0.771. The predicted molar refractivity (Wildman–Crippen MR) is 69.1 cm³/mol. The maximum atomic E-state index is 12.3. The van der Waals surface area contributed by atoms with Crippen molar-refractivity contribution in [3.8, 4) is 5.75 Å². The van der Waals surface area contributed by atoms with Crippen molar-refractivity contribution in [3.63, 3.8) is 0 Å². The SMILES string of the molecule is Cc1occc1C(=O)c1cccc(OC(C)C)c1. The monoisotopic (exact) mass is 244 g/mol. The zero-order valence-corrected chi connectivity index (χ0v) is 10.8. The molecule has 0 aliphatic heterocycles. The molecule has 18 heavy (non-hydrogen) atoms. The molecule has 3 nitrogen and oxygen atoms in total. The van der Waals surface area contributed by atoms with E-state index < -0.39 is 0 Å². The standard InChI is InChI=1S/C15H16O3/c1-10(2)18-13-6-4-5-12(9-13)15(16)14-7-8-17-11(14)3/h4-10H,1-3H3. The molecule has 1 aromatic carbocycles. The van der Waals surface area contributed by atoms with Crippen LogP contribution >= 0.6 is 0 Å². The molecule has 0 saturated carbocycles. The number of furan rings is 1. The number of ether oxygens (including phenoxy) is 1. The summed E-state index contributed by atoms with van der Waals surface area (Å²) in [6.45, 7) is 5.69. The zero-order chi connectivity index (χ0) is 13.1. The van der Waals surface area contributed by atoms with Gasteiger partial charge in [-0.15, -0.1) is 0 Å². The van der Waals surface area contributed by atoms with Crippen LogP contribution in [0.4, 0.5) is 0 Å². The molecule has 0 saturated heterocycles. The van der Waals surface area contributed by atoms with Gasteiger partial charge >= 0.3 is 0 Å². The van der Waals surface area contributed by atoms with Gasteiger partial charge in [-0.1, -0.05) is 12.1 Å². The first-order valence-corrected chi connectivity index (χ1v) is 5.93. The minimum absolute atomic E-state index is 0.0459. The average molecular weight is 244 g/mol. The van der Waals surface area contributed by atoms with Gasteiger partial charge in [-0.25, -0.2) is 0 Å². The number of benzene rings is 1. The summed E-state index contributed by atoms with van der Waals surface area (Å²) in [5.41, 5.74) is 1.20. The van der Waals surface area contributed by atoms with Gasteiger partial charge in [0.2, 0.25) is 0 Å². The molecule has 94 valence electrons. The van der Waals surface area contributed by atoms with Crippen molar-refractivity contribution in [2.75, 3.05) is 0 Å². The van der Waals surface area contributed by atoms with Crippen LogP contribution < -0.4 is 4.74 Å². The first kappa shape index (κ1) is 12.4. The van der Waals surface area contributed by atoms with E-state index in [0.717, 1.165) is 0 Å². The minimum atomic E-state index is -0.0459. The molecule has 0 amide bonds. The number of carbonyl (C=O) groups is 1. The van der Waals surface area contributed by atoms with Gasteiger partial charge in [0, 0.05) is 5.56 Å². The Morgan fingerprint density at radius 1 is 1.28 bits per heavy atom. The van der Waals surface area contributed by atoms with Crippen LogP contribution in [-0.4, -0.2) is 11.9 Å². The highest BCUT2D eigenvalue weighted by atomic mass is 16.5. The van der Waals surface area contributed by atoms with Gasteiger partial charge in [0.1, 0.15) is 11.5 Å². The lowest BCUT2D eigenvalue weighted by Crippen LogP contribution is -2.07. The summed E-state index contributed by atoms with van der Waals surface area (Å²) >= 11 is 0. The van der Waals surface area contributed by atoms with Gasteiger partial charge in [0.05, 0.1) is 17.9 Å². The number of aryl methyl sites for hydroxylation is 1. The van der Waals surface area contributed by atoms with Crippen molar-refractivity contribution in [3.05, 3.63) is 53.5 Å². The van der Waals surface area contributed by atoms with Crippen LogP contribution in [0.1, 0.15) is 35.5 Å². The van der Waals surface area contributed by atoms with Crippen LogP contribution in [-0.2, 0) is 0 Å². The highest BCUT2D eigenvalue weighted by molar-refractivity contribution is 6.09. The van der Waals surface area contributed by atoms with Gasteiger partial charge < -0.3 is 9.15 Å². The first-order chi connectivity index (χ1) is 8.58. The van der Waals surface area contributed by atoms with E-state index in [2.05, 4.69) is 0 Å². The summed E-state index contributed by atoms with van der Waals surface area (Å²) in [6, 6.07) is 8.89. The fourth-order valence-corrected chi connectivity index (χ4v) is 1.76. The summed E-state index contributed by atoms with van der Waals surface area (Å²) < 4.78 is 10.7. The third-order valence-electron chi connectivity index (χ3n) is 2.57. The van der Waals surface area contributed by atoms with E-state index in [4.69, 9.17) is 9.15 Å². The average Bonchev–Trinajstić information content (AvgIpc) is 2.74. The Morgan fingerprint density at radius 2 is 2.06 bits per heavy atom. The van der Waals surface area contributed by atoms with E-state index in [1.165, 1.54) is 6.26 Å². The second-order valence-electron chi connectivity index (χ2n) is 4.41. The van der Waals surface area contributed by atoms with Crippen LogP contribution in [0.3, 0.4) is 0 Å². The highest BCUT2D eigenvalue weighted by Gasteiger charge is 2.14. The van der Waals surface area contributed by atoms with Crippen LogP contribution in [0.2, 0.25) is 0 Å². The molecular weight excluding hydrogens is 228 g/mol. The topological polar surface area (TPSA) is 39.4 Å². The molecular formula is C15H16O3. The fraction of sp³-hybridized carbons (Fsp3) is 0.267. The smallest absolute Gasteiger partial charge is 0.196 e. The second kappa shape index (κ2) is 5.08. The van der Waals surface area contributed by atoms with Gasteiger partial charge in [-0.3, -0.25) is 4.79 Å². The molecule has 0 spiro atoms. The third-order valence-corrected chi connectivity index (χ3v) is 2.57. The molecule has 0 bridgehead atoms. The summed E-state index contributed by atoms with van der Waals surface area (Å²) in [4.78, 5) is 12.3. The summed E-state index contributed by atoms with van der Waals surface area (Å²) in [5.74, 6) is 1.29. The second-order valence-corrected chi connectivity index (χ2v) is 4.41. The minimum Gasteiger partial charge on any atom is -0.491 e. The Balaban J connectivity index is 2.29. The van der Waals surface area contributed by atoms with Crippen LogP contribution in [0.25, 0.3) is 0 Å². The summed E-state index contributed by atoms with van der Waals surface area (Å²) in [5, 5.41) is 0. The largest absolute Gasteiger partial charge is 0.491 e. The number of hydrogen-bond acceptors (Lipinski definition) is 3. The molecule has 0 aliphatic rings. The molecule has 1 heterocycles. The lowest BCUT2D eigenvalue weighted by Gasteiger charge is -2.10. The van der Waals surface area contributed by atoms with Crippen LogP contribution in [0.15, 0.2) is 41.0 Å². The van der Waals surface area contributed by atoms with Gasteiger partial charge in [-0.2, -0.15) is 0 Å². The summed E-state index contributed by atoms with van der Waals surface area (Å²) in [7, 11) is 0. The lowest BCUT2D eigenvalue weighted by molar-refractivity contribution is 0.103. The van der Waals surface area contributed by atoms with Crippen molar-refractivity contribution in [2.45, 2.75) is 26.9 Å². The number of carbonyl (C=O) groups excluding carboxylic acids is 1. The van der Waals surface area contributed by atoms with E-state index in [0.29, 0.717) is 22.6 Å². The van der Waals surface area contributed by atoms with Crippen molar-refractivity contribution < 1.29 is 13.9 Å². The van der Waals surface area contributed by atoms with Crippen molar-refractivity contribution in [2.24, 2.45) is 0 Å². The molecule has 0 aliphatic carbocycles. The van der Waals surface area contributed by atoms with E-state index in [1.54, 1.807) is 25.1 Å². The molecule has 0 atom stereocenters. The van der Waals surface area contributed by atoms with Crippen LogP contribution in [0.5, 0.6) is 5.75 Å². The zero-order valence-electron chi connectivity index (χ0n) is 10.8. The Bertz CT molecular complexity index is 552. The van der Waals surface area contributed by atoms with E-state index in [-0.39, 0.29) is 11.9 Å². The Labute approximate surface area is 106 Å². The number of rotatable bonds is 4. The van der Waals surface area contributed by atoms with Crippen molar-refractivity contribution >= 4 is 5.78 Å². The Hall–Kier alpha value is -2.03. The molecule has 0 radical (unpaired) electrons. The normalized spacial score (nSPS) is 10.7. The van der Waals surface area contributed by atoms with Gasteiger partial charge in [0.25, 0.3) is 0 Å². The molecule has 1 aromatic heterocycles. The van der Waals surface area contributed by atoms with Crippen molar-refractivity contribution in [1.29, 1.82) is 0 Å². The number of hydrogen-bond donors (Lipinski definition) is 0. The molecule has 0 N–H and O–H groups in total. The fourth-order valence-electron chi connectivity index (χ4n) is 1.76. The molecule has 0 unspecified atom stereocenters. The van der Waals surface area contributed by atoms with Crippen LogP contribution in [0, 0.1) is 6.92 Å². The molecule has 2 aromatic rings. The Morgan fingerprint density at radius 3 is 2.67 bits per heavy atom. The maximum Gasteiger partial charge on any atom is 0.196 e. The van der Waals surface area contributed by atoms with E-state index in [1.807, 2.05) is 26.0 Å². The van der Waals surface area contributed by atoms with Gasteiger partial charge in [-0.05, 0) is 39.0 Å². The van der Waals surface area contributed by atoms with Crippen molar-refractivity contribution in [1.82, 2.24) is 0 Å². The number of ketones is 1. The van der Waals surface area contributed by atoms with E-state index in [9.17, 15) is 4.79 Å². The molecule has 0 fully saturated rings. The molecule has 3 heteroatoms. The third kappa shape index (κ3) is 2.62. The molecule has 2 rings (SSSR count). The first-order valence-electron chi connectivity index (χ1n) is 5.93. The van der Waals surface area contributed by atoms with Gasteiger partial charge in [0.15, 0.2) is 5.78 Å². The maximum absolute atomic E-state index is 12.3. The Kier molecular flexibility index (Phi) is 3.51.